The molecule has 5 heteroatoms. The number of nitrogens with two attached hydrogens (primary N) is 1. The first kappa shape index (κ1) is 11.7. The van der Waals surface area contributed by atoms with Crippen molar-refractivity contribution in [2.24, 2.45) is 5.73 Å². The third kappa shape index (κ3) is 2.36. The Morgan fingerprint density at radius 3 is 2.60 bits per heavy atom. The first-order valence-electron chi connectivity index (χ1n) is 4.98. The number of hydrogen-bond donors (Lipinski definition) is 2. The summed E-state index contributed by atoms with van der Waals surface area (Å²) in [6.45, 7) is 6.14. The maximum Gasteiger partial charge on any atom is 0.322 e. The Morgan fingerprint density at radius 2 is 2.20 bits per heavy atom. The van der Waals surface area contributed by atoms with Crippen LogP contribution in [-0.2, 0) is 17.8 Å². The number of carboxylic acids is 1. The molecule has 0 saturated carbocycles. The summed E-state index contributed by atoms with van der Waals surface area (Å²) in [6.07, 6.45) is 0.903. The van der Waals surface area contributed by atoms with Gasteiger partial charge >= 0.3 is 5.97 Å². The summed E-state index contributed by atoms with van der Waals surface area (Å²) in [6, 6.07) is -0.896. The highest BCUT2D eigenvalue weighted by atomic mass is 16.4. The van der Waals surface area contributed by atoms with Crippen molar-refractivity contribution < 1.29 is 9.90 Å². The van der Waals surface area contributed by atoms with Gasteiger partial charge in [-0.1, -0.05) is 6.92 Å². The van der Waals surface area contributed by atoms with Crippen molar-refractivity contribution in [2.75, 3.05) is 0 Å². The number of rotatable bonds is 4. The average Bonchev–Trinajstić information content (AvgIpc) is 2.41. The van der Waals surface area contributed by atoms with Gasteiger partial charge in [0.15, 0.2) is 0 Å². The van der Waals surface area contributed by atoms with Gasteiger partial charge in [0.05, 0.1) is 12.2 Å². The van der Waals surface area contributed by atoms with Crippen molar-refractivity contribution >= 4 is 5.97 Å². The van der Waals surface area contributed by atoms with E-state index >= 15 is 0 Å². The highest BCUT2D eigenvalue weighted by Crippen LogP contribution is 2.13. The fraction of sp³-hybridized carbons (Fsp3) is 0.600. The van der Waals surface area contributed by atoms with Crippen molar-refractivity contribution in [3.8, 4) is 0 Å². The Hall–Kier alpha value is -1.36. The fourth-order valence-electron chi connectivity index (χ4n) is 1.69. The Balaban J connectivity index is 2.91. The molecule has 0 fully saturated rings. The van der Waals surface area contributed by atoms with Gasteiger partial charge < -0.3 is 10.8 Å². The molecule has 0 amide bonds. The van der Waals surface area contributed by atoms with Crippen LogP contribution in [0.25, 0.3) is 0 Å². The molecular weight excluding hydrogens is 194 g/mol. The molecule has 15 heavy (non-hydrogen) atoms. The molecule has 0 aromatic carbocycles. The van der Waals surface area contributed by atoms with Crippen LogP contribution in [0.2, 0.25) is 0 Å². The molecule has 1 heterocycles. The number of aryl methyl sites for hydroxylation is 1. The lowest BCUT2D eigenvalue weighted by molar-refractivity contribution is -0.138. The van der Waals surface area contributed by atoms with E-state index in [0.717, 1.165) is 17.8 Å². The SMILES string of the molecule is CCc1c(C)nn(CC(N)C(=O)O)c1C. The van der Waals surface area contributed by atoms with Crippen molar-refractivity contribution in [3.05, 3.63) is 17.0 Å². The van der Waals surface area contributed by atoms with Gasteiger partial charge in [-0.3, -0.25) is 9.48 Å². The van der Waals surface area contributed by atoms with Crippen molar-refractivity contribution in [2.45, 2.75) is 39.8 Å². The molecule has 0 aliphatic rings. The zero-order valence-corrected chi connectivity index (χ0v) is 9.32. The highest BCUT2D eigenvalue weighted by molar-refractivity contribution is 5.72. The van der Waals surface area contributed by atoms with Crippen LogP contribution in [0.1, 0.15) is 23.9 Å². The third-order valence-electron chi connectivity index (χ3n) is 2.57. The largest absolute Gasteiger partial charge is 0.480 e. The molecular formula is C10H17N3O2. The van der Waals surface area contributed by atoms with Crippen LogP contribution in [0.15, 0.2) is 0 Å². The van der Waals surface area contributed by atoms with E-state index in [1.165, 1.54) is 5.56 Å². The molecule has 84 valence electrons. The van der Waals surface area contributed by atoms with Gasteiger partial charge in [-0.25, -0.2) is 0 Å². The first-order valence-corrected chi connectivity index (χ1v) is 4.98. The zero-order valence-electron chi connectivity index (χ0n) is 9.32. The first-order chi connectivity index (χ1) is 6.97. The fourth-order valence-corrected chi connectivity index (χ4v) is 1.69. The van der Waals surface area contributed by atoms with Crippen molar-refractivity contribution in [3.63, 3.8) is 0 Å². The summed E-state index contributed by atoms with van der Waals surface area (Å²) in [5.41, 5.74) is 8.59. The van der Waals surface area contributed by atoms with Crippen LogP contribution >= 0.6 is 0 Å². The second-order valence-electron chi connectivity index (χ2n) is 3.63. The molecule has 3 N–H and O–H groups in total. The molecule has 0 aliphatic heterocycles. The minimum Gasteiger partial charge on any atom is -0.480 e. The molecule has 0 aliphatic carbocycles. The normalized spacial score (nSPS) is 12.8. The molecule has 0 bridgehead atoms. The summed E-state index contributed by atoms with van der Waals surface area (Å²) >= 11 is 0. The van der Waals surface area contributed by atoms with E-state index in [1.54, 1.807) is 4.68 Å². The van der Waals surface area contributed by atoms with Crippen LogP contribution in [0.5, 0.6) is 0 Å². The van der Waals surface area contributed by atoms with E-state index in [-0.39, 0.29) is 6.54 Å². The second-order valence-corrected chi connectivity index (χ2v) is 3.63. The zero-order chi connectivity index (χ0) is 11.6. The summed E-state index contributed by atoms with van der Waals surface area (Å²) in [7, 11) is 0. The van der Waals surface area contributed by atoms with Crippen LogP contribution in [0.4, 0.5) is 0 Å². The summed E-state index contributed by atoms with van der Waals surface area (Å²) in [4.78, 5) is 10.6. The van der Waals surface area contributed by atoms with E-state index in [0.29, 0.717) is 0 Å². The number of aromatic nitrogens is 2. The van der Waals surface area contributed by atoms with Gasteiger partial charge in [0.2, 0.25) is 0 Å². The van der Waals surface area contributed by atoms with Gasteiger partial charge in [-0.15, -0.1) is 0 Å². The van der Waals surface area contributed by atoms with Crippen LogP contribution < -0.4 is 5.73 Å². The molecule has 1 atom stereocenters. The van der Waals surface area contributed by atoms with Crippen LogP contribution in [0.3, 0.4) is 0 Å². The quantitative estimate of drug-likeness (QED) is 0.758. The number of carboxylic acid groups (broad SMARTS) is 1. The van der Waals surface area contributed by atoms with E-state index in [2.05, 4.69) is 12.0 Å². The molecule has 1 unspecified atom stereocenters. The molecule has 0 saturated heterocycles. The minimum atomic E-state index is -0.999. The van der Waals surface area contributed by atoms with Crippen LogP contribution in [0, 0.1) is 13.8 Å². The van der Waals surface area contributed by atoms with Gasteiger partial charge in [-0.05, 0) is 25.8 Å². The minimum absolute atomic E-state index is 0.224. The van der Waals surface area contributed by atoms with Gasteiger partial charge in [0, 0.05) is 5.69 Å². The number of hydrogen-bond acceptors (Lipinski definition) is 3. The lowest BCUT2D eigenvalue weighted by Crippen LogP contribution is -2.35. The smallest absolute Gasteiger partial charge is 0.322 e. The summed E-state index contributed by atoms with van der Waals surface area (Å²) in [5.74, 6) is -0.999. The average molecular weight is 211 g/mol. The Kier molecular flexibility index (Phi) is 3.47. The molecule has 5 nitrogen and oxygen atoms in total. The Bertz CT molecular complexity index is 371. The number of aliphatic carboxylic acids is 1. The topological polar surface area (TPSA) is 81.1 Å². The van der Waals surface area contributed by atoms with Crippen molar-refractivity contribution in [1.29, 1.82) is 0 Å². The van der Waals surface area contributed by atoms with E-state index in [1.807, 2.05) is 13.8 Å². The Labute approximate surface area is 88.9 Å². The maximum absolute atomic E-state index is 10.6. The molecule has 1 rings (SSSR count). The van der Waals surface area contributed by atoms with Gasteiger partial charge in [-0.2, -0.15) is 5.10 Å². The monoisotopic (exact) mass is 211 g/mol. The third-order valence-corrected chi connectivity index (χ3v) is 2.57. The number of carbonyl (C=O) groups is 1. The molecule has 0 radical (unpaired) electrons. The summed E-state index contributed by atoms with van der Waals surface area (Å²) < 4.78 is 1.67. The summed E-state index contributed by atoms with van der Waals surface area (Å²) in [5, 5.41) is 13.0. The highest BCUT2D eigenvalue weighted by Gasteiger charge is 2.16. The maximum atomic E-state index is 10.6. The van der Waals surface area contributed by atoms with Crippen LogP contribution in [-0.4, -0.2) is 26.9 Å². The molecule has 1 aromatic heterocycles. The lowest BCUT2D eigenvalue weighted by Gasteiger charge is -2.08. The van der Waals surface area contributed by atoms with E-state index in [4.69, 9.17) is 10.8 Å². The predicted octanol–water partition coefficient (Wildman–Crippen LogP) is 0.474. The number of nitrogens with zero attached hydrogens (tertiary/aromatic N) is 2. The van der Waals surface area contributed by atoms with Gasteiger partial charge in [0.25, 0.3) is 0 Å². The standard InChI is InChI=1S/C10H17N3O2/c1-4-8-6(2)12-13(7(8)3)5-9(11)10(14)15/h9H,4-5,11H2,1-3H3,(H,14,15). The molecule has 1 aromatic rings. The Morgan fingerprint density at radius 1 is 1.60 bits per heavy atom. The second kappa shape index (κ2) is 4.44. The predicted molar refractivity (Wildman–Crippen MR) is 56.7 cm³/mol. The molecule has 0 spiro atoms. The lowest BCUT2D eigenvalue weighted by atomic mass is 10.1. The van der Waals surface area contributed by atoms with E-state index in [9.17, 15) is 4.79 Å². The van der Waals surface area contributed by atoms with Gasteiger partial charge in [0.1, 0.15) is 6.04 Å². The van der Waals surface area contributed by atoms with Crippen molar-refractivity contribution in [1.82, 2.24) is 9.78 Å². The van der Waals surface area contributed by atoms with E-state index < -0.39 is 12.0 Å².